The molecule has 0 aliphatic heterocycles. The van der Waals surface area contributed by atoms with Gasteiger partial charge in [-0.3, -0.25) is 9.10 Å². The van der Waals surface area contributed by atoms with Gasteiger partial charge in [0.15, 0.2) is 0 Å². The van der Waals surface area contributed by atoms with E-state index in [4.69, 9.17) is 4.74 Å². The average molecular weight is 503 g/mol. The molecule has 1 N–H and O–H groups in total. The van der Waals surface area contributed by atoms with Crippen LogP contribution in [0, 0.1) is 6.92 Å². The molecule has 0 spiro atoms. The van der Waals surface area contributed by atoms with Gasteiger partial charge in [0.1, 0.15) is 12.3 Å². The number of aryl methyl sites for hydroxylation is 1. The summed E-state index contributed by atoms with van der Waals surface area (Å²) in [4.78, 5) is 12.9. The molecule has 3 aromatic rings. The Morgan fingerprint density at radius 3 is 2.29 bits per heavy atom. The second-order valence-corrected chi connectivity index (χ2v) is 9.56. The minimum absolute atomic E-state index is 0.0980. The number of para-hydroxylation sites is 2. The number of carbonyl (C=O) groups is 1. The predicted molar refractivity (Wildman–Crippen MR) is 126 cm³/mol. The SMILES string of the molecule is CCOc1ccccc1N(CC(=O)Nc1ccc(Br)cc1)S(=O)(=O)c1ccc(C)cc1. The van der Waals surface area contributed by atoms with Crippen LogP contribution in [0.2, 0.25) is 0 Å². The molecule has 3 aromatic carbocycles. The Bertz CT molecular complexity index is 1150. The molecule has 0 aromatic heterocycles. The van der Waals surface area contributed by atoms with E-state index in [0.717, 1.165) is 14.3 Å². The molecule has 8 heteroatoms. The number of rotatable bonds is 8. The molecule has 0 radical (unpaired) electrons. The highest BCUT2D eigenvalue weighted by molar-refractivity contribution is 9.10. The molecule has 31 heavy (non-hydrogen) atoms. The summed E-state index contributed by atoms with van der Waals surface area (Å²) in [5.74, 6) is -0.0820. The van der Waals surface area contributed by atoms with Crippen LogP contribution in [-0.4, -0.2) is 27.5 Å². The van der Waals surface area contributed by atoms with Crippen molar-refractivity contribution < 1.29 is 17.9 Å². The van der Waals surface area contributed by atoms with E-state index in [1.165, 1.54) is 12.1 Å². The van der Waals surface area contributed by atoms with Crippen molar-refractivity contribution in [1.29, 1.82) is 0 Å². The Kier molecular flexibility index (Phi) is 7.35. The highest BCUT2D eigenvalue weighted by atomic mass is 79.9. The molecule has 3 rings (SSSR count). The fourth-order valence-electron chi connectivity index (χ4n) is 2.94. The number of ether oxygens (including phenoxy) is 1. The van der Waals surface area contributed by atoms with Gasteiger partial charge in [-0.05, 0) is 62.4 Å². The third kappa shape index (κ3) is 5.65. The smallest absolute Gasteiger partial charge is 0.264 e. The summed E-state index contributed by atoms with van der Waals surface area (Å²) in [5.41, 5.74) is 1.81. The number of nitrogens with one attached hydrogen (secondary N) is 1. The van der Waals surface area contributed by atoms with Crippen molar-refractivity contribution in [3.8, 4) is 5.75 Å². The number of benzene rings is 3. The first-order valence-corrected chi connectivity index (χ1v) is 11.9. The fourth-order valence-corrected chi connectivity index (χ4v) is 4.64. The van der Waals surface area contributed by atoms with E-state index in [0.29, 0.717) is 23.7 Å². The summed E-state index contributed by atoms with van der Waals surface area (Å²) in [5, 5.41) is 2.75. The Hall–Kier alpha value is -2.84. The third-order valence-corrected chi connectivity index (χ3v) is 6.76. The lowest BCUT2D eigenvalue weighted by atomic mass is 10.2. The lowest BCUT2D eigenvalue weighted by molar-refractivity contribution is -0.114. The zero-order valence-electron chi connectivity index (χ0n) is 17.2. The Labute approximate surface area is 191 Å². The Morgan fingerprint density at radius 2 is 1.65 bits per heavy atom. The number of nitrogens with zero attached hydrogens (tertiary/aromatic N) is 1. The molecule has 0 aliphatic carbocycles. The molecule has 0 saturated carbocycles. The van der Waals surface area contributed by atoms with Crippen molar-refractivity contribution in [2.45, 2.75) is 18.7 Å². The molecule has 0 saturated heterocycles. The quantitative estimate of drug-likeness (QED) is 0.470. The van der Waals surface area contributed by atoms with E-state index in [-0.39, 0.29) is 4.90 Å². The minimum Gasteiger partial charge on any atom is -0.492 e. The molecule has 0 fully saturated rings. The molecule has 0 heterocycles. The van der Waals surface area contributed by atoms with Crippen molar-refractivity contribution in [2.75, 3.05) is 22.8 Å². The first-order valence-electron chi connectivity index (χ1n) is 9.68. The minimum atomic E-state index is -4.02. The number of hydrogen-bond acceptors (Lipinski definition) is 4. The van der Waals surface area contributed by atoms with E-state index >= 15 is 0 Å². The molecule has 162 valence electrons. The largest absolute Gasteiger partial charge is 0.492 e. The Balaban J connectivity index is 1.99. The van der Waals surface area contributed by atoms with Gasteiger partial charge >= 0.3 is 0 Å². The predicted octanol–water partition coefficient (Wildman–Crippen LogP) is 4.99. The monoisotopic (exact) mass is 502 g/mol. The molecule has 1 amide bonds. The van der Waals surface area contributed by atoms with Crippen LogP contribution in [0.1, 0.15) is 12.5 Å². The molecular formula is C23H23BrN2O4S. The highest BCUT2D eigenvalue weighted by Gasteiger charge is 2.29. The van der Waals surface area contributed by atoms with Crippen LogP contribution in [-0.2, 0) is 14.8 Å². The number of anilines is 2. The van der Waals surface area contributed by atoms with E-state index in [2.05, 4.69) is 21.2 Å². The summed E-state index contributed by atoms with van der Waals surface area (Å²) >= 11 is 3.35. The molecular weight excluding hydrogens is 480 g/mol. The molecule has 0 bridgehead atoms. The van der Waals surface area contributed by atoms with Crippen LogP contribution in [0.3, 0.4) is 0 Å². The van der Waals surface area contributed by atoms with Gasteiger partial charge in [0.05, 0.1) is 17.2 Å². The van der Waals surface area contributed by atoms with Crippen molar-refractivity contribution in [1.82, 2.24) is 0 Å². The molecule has 0 atom stereocenters. The van der Waals surface area contributed by atoms with E-state index in [1.54, 1.807) is 60.7 Å². The molecule has 0 unspecified atom stereocenters. The summed E-state index contributed by atoms with van der Waals surface area (Å²) in [6.45, 7) is 3.65. The fraction of sp³-hybridized carbons (Fsp3) is 0.174. The van der Waals surface area contributed by atoms with Gasteiger partial charge in [0, 0.05) is 10.2 Å². The summed E-state index contributed by atoms with van der Waals surface area (Å²) in [6.07, 6.45) is 0. The van der Waals surface area contributed by atoms with E-state index < -0.39 is 22.5 Å². The van der Waals surface area contributed by atoms with E-state index in [1.807, 2.05) is 13.8 Å². The topological polar surface area (TPSA) is 75.7 Å². The third-order valence-electron chi connectivity index (χ3n) is 4.46. The maximum Gasteiger partial charge on any atom is 0.264 e. The molecule has 6 nitrogen and oxygen atoms in total. The normalized spacial score (nSPS) is 11.1. The van der Waals surface area contributed by atoms with Crippen molar-refractivity contribution in [2.24, 2.45) is 0 Å². The molecule has 0 aliphatic rings. The van der Waals surface area contributed by atoms with Gasteiger partial charge in [-0.1, -0.05) is 45.8 Å². The average Bonchev–Trinajstić information content (AvgIpc) is 2.75. The lowest BCUT2D eigenvalue weighted by Crippen LogP contribution is -2.38. The van der Waals surface area contributed by atoms with Crippen LogP contribution in [0.4, 0.5) is 11.4 Å². The van der Waals surface area contributed by atoms with Gasteiger partial charge in [0.25, 0.3) is 10.0 Å². The number of hydrogen-bond donors (Lipinski definition) is 1. The van der Waals surface area contributed by atoms with Gasteiger partial charge < -0.3 is 10.1 Å². The highest BCUT2D eigenvalue weighted by Crippen LogP contribution is 2.32. The summed E-state index contributed by atoms with van der Waals surface area (Å²) in [7, 11) is -4.02. The zero-order valence-corrected chi connectivity index (χ0v) is 19.6. The van der Waals surface area contributed by atoms with Crippen LogP contribution in [0.5, 0.6) is 5.75 Å². The number of sulfonamides is 1. The number of amides is 1. The van der Waals surface area contributed by atoms with Gasteiger partial charge in [-0.15, -0.1) is 0 Å². The second kappa shape index (κ2) is 9.98. The number of halogens is 1. The maximum absolute atomic E-state index is 13.5. The lowest BCUT2D eigenvalue weighted by Gasteiger charge is -2.26. The van der Waals surface area contributed by atoms with Gasteiger partial charge in [-0.25, -0.2) is 8.42 Å². The van der Waals surface area contributed by atoms with Crippen LogP contribution >= 0.6 is 15.9 Å². The second-order valence-electron chi connectivity index (χ2n) is 6.78. The van der Waals surface area contributed by atoms with Crippen molar-refractivity contribution in [3.63, 3.8) is 0 Å². The van der Waals surface area contributed by atoms with Crippen LogP contribution < -0.4 is 14.4 Å². The van der Waals surface area contributed by atoms with Crippen molar-refractivity contribution >= 4 is 43.2 Å². The standard InChI is InChI=1S/C23H23BrN2O4S/c1-3-30-22-7-5-4-6-21(22)26(31(28,29)20-14-8-17(2)9-15-20)16-23(27)25-19-12-10-18(24)11-13-19/h4-15H,3,16H2,1-2H3,(H,25,27). The first-order chi connectivity index (χ1) is 14.8. The van der Waals surface area contributed by atoms with Crippen LogP contribution in [0.15, 0.2) is 82.2 Å². The van der Waals surface area contributed by atoms with E-state index in [9.17, 15) is 13.2 Å². The summed E-state index contributed by atoms with van der Waals surface area (Å²) in [6, 6.07) is 20.3. The summed E-state index contributed by atoms with van der Waals surface area (Å²) < 4.78 is 34.6. The number of carbonyl (C=O) groups excluding carboxylic acids is 1. The van der Waals surface area contributed by atoms with Gasteiger partial charge in [0.2, 0.25) is 5.91 Å². The maximum atomic E-state index is 13.5. The zero-order chi connectivity index (χ0) is 22.4. The first kappa shape index (κ1) is 22.8. The van der Waals surface area contributed by atoms with Gasteiger partial charge in [-0.2, -0.15) is 0 Å². The Morgan fingerprint density at radius 1 is 1.00 bits per heavy atom. The van der Waals surface area contributed by atoms with Crippen LogP contribution in [0.25, 0.3) is 0 Å². The van der Waals surface area contributed by atoms with Crippen molar-refractivity contribution in [3.05, 3.63) is 82.8 Å².